The van der Waals surface area contributed by atoms with Gasteiger partial charge in [-0.05, 0) is 170 Å². The van der Waals surface area contributed by atoms with Crippen molar-refractivity contribution in [1.29, 1.82) is 0 Å². The molecule has 0 saturated heterocycles. The Hall–Kier alpha value is -7.22. The van der Waals surface area contributed by atoms with Crippen molar-refractivity contribution in [3.63, 3.8) is 0 Å². The molecule has 1 nitrogen and oxygen atoms in total. The fourth-order valence-electron chi connectivity index (χ4n) is 9.09. The Kier molecular flexibility index (Phi) is 6.40. The largest absolute Gasteiger partial charge is 0.310 e. The molecule has 12 aromatic carbocycles. The van der Waals surface area contributed by atoms with Crippen molar-refractivity contribution in [3.8, 4) is 0 Å². The predicted molar refractivity (Wildman–Crippen MR) is 239 cm³/mol. The summed E-state index contributed by atoms with van der Waals surface area (Å²) in [7, 11) is 0. The second-order valence-corrected chi connectivity index (χ2v) is 15.0. The van der Waals surface area contributed by atoms with E-state index in [0.29, 0.717) is 0 Å². The zero-order valence-electron chi connectivity index (χ0n) is 30.0. The third-order valence-corrected chi connectivity index (χ3v) is 11.8. The van der Waals surface area contributed by atoms with E-state index in [9.17, 15) is 0 Å². The van der Waals surface area contributed by atoms with Gasteiger partial charge in [-0.2, -0.15) is 0 Å². The number of rotatable bonds is 3. The lowest BCUT2D eigenvalue weighted by Crippen LogP contribution is -2.10. The van der Waals surface area contributed by atoms with Gasteiger partial charge in [-0.25, -0.2) is 0 Å². The van der Waals surface area contributed by atoms with Crippen molar-refractivity contribution in [2.75, 3.05) is 4.90 Å². The van der Waals surface area contributed by atoms with Crippen LogP contribution < -0.4 is 4.90 Å². The fraction of sp³-hybridized carbons (Fsp3) is 0. The molecule has 0 unspecified atom stereocenters. The quantitative estimate of drug-likeness (QED) is 0.131. The second kappa shape index (κ2) is 11.6. The second-order valence-electron chi connectivity index (χ2n) is 15.0. The van der Waals surface area contributed by atoms with Crippen molar-refractivity contribution in [1.82, 2.24) is 0 Å². The molecule has 0 amide bonds. The predicted octanol–water partition coefficient (Wildman–Crippen LogP) is 15.5. The van der Waals surface area contributed by atoms with E-state index in [4.69, 9.17) is 0 Å². The molecule has 0 atom stereocenters. The molecule has 0 bridgehead atoms. The number of fused-ring (bicyclic) bond motifs is 12. The van der Waals surface area contributed by atoms with Crippen LogP contribution in [0.4, 0.5) is 17.1 Å². The van der Waals surface area contributed by atoms with E-state index >= 15 is 0 Å². The molecule has 0 spiro atoms. The zero-order valence-corrected chi connectivity index (χ0v) is 30.0. The van der Waals surface area contributed by atoms with Crippen molar-refractivity contribution in [2.45, 2.75) is 0 Å². The molecule has 55 heavy (non-hydrogen) atoms. The maximum atomic E-state index is 2.43. The van der Waals surface area contributed by atoms with Crippen LogP contribution >= 0.6 is 0 Å². The van der Waals surface area contributed by atoms with Gasteiger partial charge in [-0.1, -0.05) is 127 Å². The zero-order chi connectivity index (χ0) is 36.0. The average Bonchev–Trinajstić information content (AvgIpc) is 3.24. The summed E-state index contributed by atoms with van der Waals surface area (Å²) < 4.78 is 0. The van der Waals surface area contributed by atoms with E-state index in [1.165, 1.54) is 97.0 Å². The topological polar surface area (TPSA) is 3.24 Å². The van der Waals surface area contributed by atoms with E-state index in [1.807, 2.05) is 0 Å². The van der Waals surface area contributed by atoms with Gasteiger partial charge in [0.1, 0.15) is 0 Å². The molecule has 12 rings (SSSR count). The number of hydrogen-bond donors (Lipinski definition) is 0. The van der Waals surface area contributed by atoms with Gasteiger partial charge in [-0.3, -0.25) is 0 Å². The third kappa shape index (κ3) is 4.80. The highest BCUT2D eigenvalue weighted by molar-refractivity contribution is 6.16. The van der Waals surface area contributed by atoms with Gasteiger partial charge in [-0.15, -0.1) is 0 Å². The SMILES string of the molecule is c1ccc2cc3c(ccc4cc(N(c5ccc6c(ccc7cc8ccccc8cc76)c5)c5ccc6c(ccc7cc8ccccc8cc76)c5)ccc43)cc2c1. The highest BCUT2D eigenvalue weighted by Crippen LogP contribution is 2.42. The number of nitrogens with zero attached hydrogens (tertiary/aromatic N) is 1. The van der Waals surface area contributed by atoms with Crippen molar-refractivity contribution < 1.29 is 0 Å². The molecule has 1 heteroatoms. The number of hydrogen-bond acceptors (Lipinski definition) is 1. The third-order valence-electron chi connectivity index (χ3n) is 11.8. The monoisotopic (exact) mass is 695 g/mol. The van der Waals surface area contributed by atoms with Gasteiger partial charge in [0, 0.05) is 17.1 Å². The van der Waals surface area contributed by atoms with Crippen LogP contribution in [0.1, 0.15) is 0 Å². The van der Waals surface area contributed by atoms with Crippen LogP contribution in [0.3, 0.4) is 0 Å². The van der Waals surface area contributed by atoms with E-state index in [1.54, 1.807) is 0 Å². The Morgan fingerprint density at radius 3 is 0.727 bits per heavy atom. The molecular formula is C54H33N. The minimum atomic E-state index is 1.13. The van der Waals surface area contributed by atoms with Gasteiger partial charge < -0.3 is 4.90 Å². The summed E-state index contributed by atoms with van der Waals surface area (Å²) in [5.74, 6) is 0. The average molecular weight is 696 g/mol. The van der Waals surface area contributed by atoms with Crippen LogP contribution in [0.2, 0.25) is 0 Å². The Morgan fingerprint density at radius 2 is 0.436 bits per heavy atom. The van der Waals surface area contributed by atoms with Crippen LogP contribution in [-0.4, -0.2) is 0 Å². The maximum absolute atomic E-state index is 2.43. The first-order valence-corrected chi connectivity index (χ1v) is 19.1. The summed E-state index contributed by atoms with van der Waals surface area (Å²) in [6.45, 7) is 0. The van der Waals surface area contributed by atoms with E-state index in [-0.39, 0.29) is 0 Å². The fourth-order valence-corrected chi connectivity index (χ4v) is 9.09. The lowest BCUT2D eigenvalue weighted by Gasteiger charge is -2.27. The summed E-state index contributed by atoms with van der Waals surface area (Å²) in [5, 5.41) is 22.7. The first kappa shape index (κ1) is 30.3. The first-order valence-electron chi connectivity index (χ1n) is 19.1. The molecule has 0 aliphatic rings. The molecule has 0 N–H and O–H groups in total. The smallest absolute Gasteiger partial charge is 0.0468 e. The minimum Gasteiger partial charge on any atom is -0.310 e. The van der Waals surface area contributed by atoms with Crippen molar-refractivity contribution in [2.24, 2.45) is 0 Å². The molecule has 0 aliphatic heterocycles. The van der Waals surface area contributed by atoms with Crippen LogP contribution in [0.25, 0.3) is 97.0 Å². The van der Waals surface area contributed by atoms with Crippen molar-refractivity contribution in [3.05, 3.63) is 200 Å². The Morgan fingerprint density at radius 1 is 0.182 bits per heavy atom. The number of anilines is 3. The van der Waals surface area contributed by atoms with Gasteiger partial charge in [0.25, 0.3) is 0 Å². The molecule has 0 aliphatic carbocycles. The summed E-state index contributed by atoms with van der Waals surface area (Å²) >= 11 is 0. The normalized spacial score (nSPS) is 12.0. The lowest BCUT2D eigenvalue weighted by atomic mass is 9.96. The molecule has 0 fully saturated rings. The Bertz CT molecular complexity index is 3180. The Balaban J connectivity index is 1.06. The number of benzene rings is 12. The van der Waals surface area contributed by atoms with Crippen LogP contribution in [-0.2, 0) is 0 Å². The molecule has 0 aromatic heterocycles. The highest BCUT2D eigenvalue weighted by atomic mass is 15.1. The standard InChI is InChI=1S/C54H33N/c1-4-10-37-31-52-40(25-34(37)7-1)13-16-43-28-46(19-22-49(43)52)55(47-20-23-50-44(29-47)17-14-41-26-35-8-2-5-11-38(35)32-53(41)50)48-21-24-51-45(30-48)18-15-42-27-36-9-3-6-12-39(36)33-54(42)51/h1-33H. The summed E-state index contributed by atoms with van der Waals surface area (Å²) in [6, 6.07) is 74.5. The van der Waals surface area contributed by atoms with E-state index in [0.717, 1.165) is 17.1 Å². The van der Waals surface area contributed by atoms with Gasteiger partial charge in [0.05, 0.1) is 0 Å². The Labute approximate surface area is 317 Å². The van der Waals surface area contributed by atoms with E-state index < -0.39 is 0 Å². The van der Waals surface area contributed by atoms with E-state index in [2.05, 4.69) is 205 Å². The van der Waals surface area contributed by atoms with Crippen LogP contribution in [0.15, 0.2) is 200 Å². The summed E-state index contributed by atoms with van der Waals surface area (Å²) in [5.41, 5.74) is 3.39. The van der Waals surface area contributed by atoms with Gasteiger partial charge in [0.2, 0.25) is 0 Å². The molecule has 0 radical (unpaired) electrons. The first-order chi connectivity index (χ1) is 27.2. The highest BCUT2D eigenvalue weighted by Gasteiger charge is 2.17. The maximum Gasteiger partial charge on any atom is 0.0468 e. The van der Waals surface area contributed by atoms with Crippen LogP contribution in [0.5, 0.6) is 0 Å². The van der Waals surface area contributed by atoms with Crippen LogP contribution in [0, 0.1) is 0 Å². The van der Waals surface area contributed by atoms with Crippen molar-refractivity contribution >= 4 is 114 Å². The van der Waals surface area contributed by atoms with Gasteiger partial charge in [0.15, 0.2) is 0 Å². The minimum absolute atomic E-state index is 1.13. The summed E-state index contributed by atoms with van der Waals surface area (Å²) in [4.78, 5) is 2.43. The molecular weight excluding hydrogens is 663 g/mol. The molecule has 0 heterocycles. The summed E-state index contributed by atoms with van der Waals surface area (Å²) in [6.07, 6.45) is 0. The molecule has 254 valence electrons. The molecule has 12 aromatic rings. The lowest BCUT2D eigenvalue weighted by molar-refractivity contribution is 1.30. The van der Waals surface area contributed by atoms with Gasteiger partial charge >= 0.3 is 0 Å². The molecule has 0 saturated carbocycles.